The van der Waals surface area contributed by atoms with Crippen LogP contribution in [0.3, 0.4) is 0 Å². The van der Waals surface area contributed by atoms with Gasteiger partial charge in [0.05, 0.1) is 5.69 Å². The van der Waals surface area contributed by atoms with E-state index in [2.05, 4.69) is 48.4 Å². The molecule has 21 heavy (non-hydrogen) atoms. The van der Waals surface area contributed by atoms with Crippen molar-refractivity contribution in [2.45, 2.75) is 51.8 Å². The largest absolute Gasteiger partial charge is 0.442 e. The molecule has 1 N–H and O–H groups in total. The lowest BCUT2D eigenvalue weighted by Gasteiger charge is -2.24. The van der Waals surface area contributed by atoms with Crippen LogP contribution < -0.4 is 10.1 Å². The number of nitrogens with one attached hydrogen (secondary N) is 1. The molecule has 1 heterocycles. The molecule has 0 fully saturated rings. The third kappa shape index (κ3) is 3.45. The maximum Gasteiger partial charge on any atom is 0.394 e. The molecule has 0 amide bonds. The summed E-state index contributed by atoms with van der Waals surface area (Å²) in [5.41, 5.74) is 3.52. The number of rotatable bonds is 5. The molecule has 4 nitrogen and oxygen atoms in total. The molecule has 112 valence electrons. The monoisotopic (exact) mass is 286 g/mol. The van der Waals surface area contributed by atoms with E-state index in [9.17, 15) is 0 Å². The van der Waals surface area contributed by atoms with Crippen molar-refractivity contribution < 1.29 is 9.15 Å². The van der Waals surface area contributed by atoms with E-state index < -0.39 is 0 Å². The number of hydrogen-bond donors (Lipinski definition) is 1. The zero-order valence-electron chi connectivity index (χ0n) is 12.6. The number of oxazole rings is 1. The second-order valence-corrected chi connectivity index (χ2v) is 5.84. The Balaban J connectivity index is 1.67. The van der Waals surface area contributed by atoms with Crippen LogP contribution in [0.1, 0.15) is 49.6 Å². The average Bonchev–Trinajstić information content (AvgIpc) is 2.93. The van der Waals surface area contributed by atoms with Gasteiger partial charge in [-0.05, 0) is 30.4 Å². The normalized spacial score (nSPS) is 17.8. The van der Waals surface area contributed by atoms with E-state index in [4.69, 9.17) is 9.15 Å². The van der Waals surface area contributed by atoms with Gasteiger partial charge in [0.25, 0.3) is 0 Å². The minimum Gasteiger partial charge on any atom is -0.442 e. The molecule has 4 heteroatoms. The first kappa shape index (κ1) is 14.1. The van der Waals surface area contributed by atoms with Crippen molar-refractivity contribution in [2.24, 2.45) is 0 Å². The van der Waals surface area contributed by atoms with Crippen LogP contribution in [0.25, 0.3) is 0 Å². The maximum absolute atomic E-state index is 5.96. The molecule has 1 unspecified atom stereocenters. The summed E-state index contributed by atoms with van der Waals surface area (Å²) in [6.07, 6.45) is 5.38. The lowest BCUT2D eigenvalue weighted by atomic mass is 9.89. The fourth-order valence-corrected chi connectivity index (χ4v) is 2.69. The predicted molar refractivity (Wildman–Crippen MR) is 81.2 cm³/mol. The van der Waals surface area contributed by atoms with Crippen LogP contribution in [0.5, 0.6) is 6.08 Å². The first-order chi connectivity index (χ1) is 10.2. The highest BCUT2D eigenvalue weighted by atomic mass is 16.6. The van der Waals surface area contributed by atoms with Crippen LogP contribution in [0, 0.1) is 0 Å². The molecule has 1 aromatic heterocycles. The van der Waals surface area contributed by atoms with Crippen LogP contribution in [-0.2, 0) is 13.0 Å². The Hall–Kier alpha value is -1.81. The third-order valence-electron chi connectivity index (χ3n) is 3.78. The second kappa shape index (κ2) is 6.31. The Bertz CT molecular complexity index is 592. The number of aromatic nitrogens is 1. The average molecular weight is 286 g/mol. The van der Waals surface area contributed by atoms with Crippen molar-refractivity contribution >= 4 is 0 Å². The van der Waals surface area contributed by atoms with E-state index in [0.717, 1.165) is 25.0 Å². The van der Waals surface area contributed by atoms with Crippen molar-refractivity contribution in [3.8, 4) is 6.08 Å². The van der Waals surface area contributed by atoms with Gasteiger partial charge < -0.3 is 14.5 Å². The lowest BCUT2D eigenvalue weighted by Crippen LogP contribution is -2.22. The molecule has 3 rings (SSSR count). The molecular formula is C17H22N2O2. The second-order valence-electron chi connectivity index (χ2n) is 5.84. The molecule has 1 atom stereocenters. The maximum atomic E-state index is 5.96. The summed E-state index contributed by atoms with van der Waals surface area (Å²) < 4.78 is 11.4. The summed E-state index contributed by atoms with van der Waals surface area (Å²) in [4.78, 5) is 4.40. The smallest absolute Gasteiger partial charge is 0.394 e. The summed E-state index contributed by atoms with van der Waals surface area (Å²) in [7, 11) is 0. The molecule has 2 aromatic rings. The van der Waals surface area contributed by atoms with Crippen molar-refractivity contribution in [3.63, 3.8) is 0 Å². The van der Waals surface area contributed by atoms with Gasteiger partial charge in [-0.15, -0.1) is 0 Å². The molecule has 1 aliphatic carbocycles. The van der Waals surface area contributed by atoms with Gasteiger partial charge in [0.2, 0.25) is 0 Å². The summed E-state index contributed by atoms with van der Waals surface area (Å²) in [6, 6.07) is 8.90. The Morgan fingerprint density at radius 3 is 3.10 bits per heavy atom. The molecule has 1 aliphatic rings. The minimum absolute atomic E-state index is 0.0551. The fourth-order valence-electron chi connectivity index (χ4n) is 2.69. The lowest BCUT2D eigenvalue weighted by molar-refractivity contribution is 0.132. The molecule has 0 spiro atoms. The van der Waals surface area contributed by atoms with E-state index in [1.54, 1.807) is 6.26 Å². The highest BCUT2D eigenvalue weighted by Crippen LogP contribution is 2.33. The standard InChI is InChI=1S/C17H22N2O2/c1-12(2)18-10-14-11-20-17(19-14)21-16-9-5-7-13-6-3-4-8-15(13)16/h3-4,6,8,11-12,16,18H,5,7,9-10H2,1-2H3. The van der Waals surface area contributed by atoms with Crippen molar-refractivity contribution in [3.05, 3.63) is 47.3 Å². The Kier molecular flexibility index (Phi) is 4.25. The van der Waals surface area contributed by atoms with Crippen LogP contribution in [-0.4, -0.2) is 11.0 Å². The summed E-state index contributed by atoms with van der Waals surface area (Å²) >= 11 is 0. The van der Waals surface area contributed by atoms with Gasteiger partial charge in [-0.2, -0.15) is 4.98 Å². The van der Waals surface area contributed by atoms with Crippen molar-refractivity contribution in [2.75, 3.05) is 0 Å². The summed E-state index contributed by atoms with van der Waals surface area (Å²) in [5, 5.41) is 3.32. The Morgan fingerprint density at radius 2 is 2.24 bits per heavy atom. The Labute approximate surface area is 125 Å². The number of benzene rings is 1. The first-order valence-electron chi connectivity index (χ1n) is 7.64. The number of fused-ring (bicyclic) bond motifs is 1. The van der Waals surface area contributed by atoms with E-state index in [1.165, 1.54) is 11.1 Å². The van der Waals surface area contributed by atoms with Crippen molar-refractivity contribution in [1.82, 2.24) is 10.3 Å². The molecule has 0 bridgehead atoms. The fraction of sp³-hybridized carbons (Fsp3) is 0.471. The number of hydrogen-bond acceptors (Lipinski definition) is 4. The van der Waals surface area contributed by atoms with Crippen LogP contribution in [0.2, 0.25) is 0 Å². The van der Waals surface area contributed by atoms with E-state index >= 15 is 0 Å². The highest BCUT2D eigenvalue weighted by molar-refractivity contribution is 5.31. The number of aryl methyl sites for hydroxylation is 1. The van der Waals surface area contributed by atoms with E-state index in [0.29, 0.717) is 18.7 Å². The zero-order valence-corrected chi connectivity index (χ0v) is 12.6. The van der Waals surface area contributed by atoms with Gasteiger partial charge in [-0.25, -0.2) is 0 Å². The Morgan fingerprint density at radius 1 is 1.38 bits per heavy atom. The van der Waals surface area contributed by atoms with Gasteiger partial charge in [0.1, 0.15) is 12.4 Å². The number of nitrogens with zero attached hydrogens (tertiary/aromatic N) is 1. The molecule has 0 radical (unpaired) electrons. The quantitative estimate of drug-likeness (QED) is 0.911. The highest BCUT2D eigenvalue weighted by Gasteiger charge is 2.22. The molecular weight excluding hydrogens is 264 g/mol. The van der Waals surface area contributed by atoms with Gasteiger partial charge in [0.15, 0.2) is 0 Å². The summed E-state index contributed by atoms with van der Waals surface area (Å²) in [6.45, 7) is 4.92. The molecule has 1 aromatic carbocycles. The van der Waals surface area contributed by atoms with Crippen LogP contribution in [0.15, 0.2) is 34.9 Å². The SMILES string of the molecule is CC(C)NCc1coc(OC2CCCc3ccccc32)n1. The summed E-state index contributed by atoms with van der Waals surface area (Å²) in [5.74, 6) is 0. The topological polar surface area (TPSA) is 47.3 Å². The molecule has 0 saturated heterocycles. The van der Waals surface area contributed by atoms with Crippen LogP contribution in [0.4, 0.5) is 0 Å². The first-order valence-corrected chi connectivity index (χ1v) is 7.64. The predicted octanol–water partition coefficient (Wildman–Crippen LogP) is 3.63. The zero-order chi connectivity index (χ0) is 14.7. The number of ether oxygens (including phenoxy) is 1. The van der Waals surface area contributed by atoms with Gasteiger partial charge in [-0.3, -0.25) is 0 Å². The van der Waals surface area contributed by atoms with Gasteiger partial charge in [-0.1, -0.05) is 38.1 Å². The van der Waals surface area contributed by atoms with Crippen molar-refractivity contribution in [1.29, 1.82) is 0 Å². The van der Waals surface area contributed by atoms with E-state index in [1.807, 2.05) is 0 Å². The van der Waals surface area contributed by atoms with Gasteiger partial charge >= 0.3 is 6.08 Å². The van der Waals surface area contributed by atoms with Crippen LogP contribution >= 0.6 is 0 Å². The molecule has 0 aliphatic heterocycles. The van der Waals surface area contributed by atoms with E-state index in [-0.39, 0.29) is 6.10 Å². The van der Waals surface area contributed by atoms with Gasteiger partial charge in [0, 0.05) is 12.6 Å². The third-order valence-corrected chi connectivity index (χ3v) is 3.78. The minimum atomic E-state index is 0.0551. The molecule has 0 saturated carbocycles.